The van der Waals surface area contributed by atoms with Crippen LogP contribution in [0.2, 0.25) is 0 Å². The lowest BCUT2D eigenvalue weighted by Gasteiger charge is -1.99. The van der Waals surface area contributed by atoms with Crippen molar-refractivity contribution in [3.63, 3.8) is 0 Å². The van der Waals surface area contributed by atoms with E-state index in [-0.39, 0.29) is 6.61 Å². The second kappa shape index (κ2) is 6.92. The SMILES string of the molecule is C#Cc1cccn2c1c(CO)c[n+]2C#Cc1cccn2ncc(C(=O)OC)c12. The van der Waals surface area contributed by atoms with Crippen LogP contribution in [0.3, 0.4) is 0 Å². The summed E-state index contributed by atoms with van der Waals surface area (Å²) in [6.07, 6.45) is 12.3. The standard InChI is InChI=1S/C21H15N4O3/c1-3-15-6-5-10-25-19(15)17(14-26)13-23(25)11-8-16-7-4-9-24-20(16)18(12-22-24)21(27)28-2/h1,4-7,9-10,12-13,26H,14H2,2H3/q+1. The molecule has 4 aromatic heterocycles. The molecule has 0 aliphatic carbocycles. The van der Waals surface area contributed by atoms with Crippen molar-refractivity contribution >= 4 is 17.0 Å². The summed E-state index contributed by atoms with van der Waals surface area (Å²) < 4.78 is 9.81. The summed E-state index contributed by atoms with van der Waals surface area (Å²) in [5, 5.41) is 13.9. The number of hydrogen-bond acceptors (Lipinski definition) is 4. The highest BCUT2D eigenvalue weighted by Gasteiger charge is 2.18. The van der Waals surface area contributed by atoms with Gasteiger partial charge < -0.3 is 9.84 Å². The van der Waals surface area contributed by atoms with E-state index in [1.54, 1.807) is 38.2 Å². The van der Waals surface area contributed by atoms with Gasteiger partial charge in [-0.15, -0.1) is 10.9 Å². The molecule has 0 spiro atoms. The van der Waals surface area contributed by atoms with Gasteiger partial charge in [0, 0.05) is 12.1 Å². The number of esters is 1. The number of aromatic nitrogens is 4. The van der Waals surface area contributed by atoms with Crippen molar-refractivity contribution in [2.45, 2.75) is 6.61 Å². The molecule has 4 aromatic rings. The van der Waals surface area contributed by atoms with Crippen LogP contribution in [0.15, 0.2) is 49.1 Å². The molecule has 4 heterocycles. The second-order valence-electron chi connectivity index (χ2n) is 5.92. The van der Waals surface area contributed by atoms with Gasteiger partial charge in [-0.2, -0.15) is 5.10 Å². The quantitative estimate of drug-likeness (QED) is 0.324. The lowest BCUT2D eigenvalue weighted by Crippen LogP contribution is -2.33. The molecule has 136 valence electrons. The van der Waals surface area contributed by atoms with E-state index in [0.29, 0.717) is 27.8 Å². The smallest absolute Gasteiger partial charge is 0.341 e. The first-order chi connectivity index (χ1) is 13.7. The zero-order valence-corrected chi connectivity index (χ0v) is 15.0. The highest BCUT2D eigenvalue weighted by molar-refractivity contribution is 5.98. The molecule has 0 bridgehead atoms. The third kappa shape index (κ3) is 2.67. The van der Waals surface area contributed by atoms with E-state index in [1.165, 1.54) is 13.3 Å². The molecule has 0 amide bonds. The first-order valence-electron chi connectivity index (χ1n) is 8.37. The van der Waals surface area contributed by atoms with Crippen molar-refractivity contribution in [3.05, 3.63) is 71.3 Å². The van der Waals surface area contributed by atoms with Gasteiger partial charge in [0.1, 0.15) is 11.1 Å². The fraction of sp³-hybridized carbons (Fsp3) is 0.0952. The van der Waals surface area contributed by atoms with E-state index in [9.17, 15) is 9.90 Å². The van der Waals surface area contributed by atoms with Gasteiger partial charge in [-0.3, -0.25) is 0 Å². The van der Waals surface area contributed by atoms with Crippen LogP contribution in [-0.4, -0.2) is 32.3 Å². The number of pyridine rings is 2. The third-order valence-electron chi connectivity index (χ3n) is 4.37. The molecule has 4 rings (SSSR count). The molecule has 0 saturated carbocycles. The van der Waals surface area contributed by atoms with E-state index in [2.05, 4.69) is 23.0 Å². The maximum absolute atomic E-state index is 12.0. The van der Waals surface area contributed by atoms with Crippen LogP contribution < -0.4 is 4.68 Å². The van der Waals surface area contributed by atoms with Crippen molar-refractivity contribution in [1.82, 2.24) is 14.1 Å². The molecule has 0 atom stereocenters. The number of carbonyl (C=O) groups excluding carboxylic acids is 1. The van der Waals surface area contributed by atoms with Crippen LogP contribution in [0.4, 0.5) is 0 Å². The van der Waals surface area contributed by atoms with E-state index < -0.39 is 5.97 Å². The number of methoxy groups -OCH3 is 1. The number of fused-ring (bicyclic) bond motifs is 2. The monoisotopic (exact) mass is 371 g/mol. The van der Waals surface area contributed by atoms with E-state index >= 15 is 0 Å². The average molecular weight is 371 g/mol. The molecule has 0 aliphatic heterocycles. The normalized spacial score (nSPS) is 10.5. The van der Waals surface area contributed by atoms with Crippen LogP contribution >= 0.6 is 0 Å². The molecule has 7 heteroatoms. The second-order valence-corrected chi connectivity index (χ2v) is 5.92. The van der Waals surface area contributed by atoms with Crippen LogP contribution in [0.25, 0.3) is 11.0 Å². The predicted octanol–water partition coefficient (Wildman–Crippen LogP) is 0.992. The fourth-order valence-electron chi connectivity index (χ4n) is 3.11. The number of rotatable bonds is 2. The Balaban J connectivity index is 1.91. The maximum atomic E-state index is 12.0. The van der Waals surface area contributed by atoms with E-state index in [1.807, 2.05) is 18.3 Å². The molecule has 0 fully saturated rings. The molecule has 28 heavy (non-hydrogen) atoms. The lowest BCUT2D eigenvalue weighted by atomic mass is 10.1. The number of nitrogens with zero attached hydrogens (tertiary/aromatic N) is 4. The number of carbonyl (C=O) groups is 1. The summed E-state index contributed by atoms with van der Waals surface area (Å²) in [5.41, 5.74) is 3.57. The van der Waals surface area contributed by atoms with Gasteiger partial charge in [0.15, 0.2) is 0 Å². The van der Waals surface area contributed by atoms with Gasteiger partial charge >= 0.3 is 5.97 Å². The van der Waals surface area contributed by atoms with Gasteiger partial charge in [-0.25, -0.2) is 9.31 Å². The summed E-state index contributed by atoms with van der Waals surface area (Å²) in [7, 11) is 1.32. The van der Waals surface area contributed by atoms with Gasteiger partial charge in [0.25, 0.3) is 6.04 Å². The van der Waals surface area contributed by atoms with Crippen LogP contribution in [0, 0.1) is 24.3 Å². The Kier molecular flexibility index (Phi) is 4.29. The number of terminal acetylenes is 1. The molecule has 0 saturated heterocycles. The minimum Gasteiger partial charge on any atom is -0.465 e. The average Bonchev–Trinajstić information content (AvgIpc) is 3.33. The van der Waals surface area contributed by atoms with Gasteiger partial charge in [0.05, 0.1) is 48.3 Å². The van der Waals surface area contributed by atoms with Crippen molar-refractivity contribution in [2.75, 3.05) is 7.11 Å². The molecule has 0 aromatic carbocycles. The zero-order valence-electron chi connectivity index (χ0n) is 15.0. The Labute approximate surface area is 160 Å². The van der Waals surface area contributed by atoms with Crippen molar-refractivity contribution in [3.8, 4) is 24.3 Å². The molecular formula is C21H15N4O3+. The number of ether oxygens (including phenoxy) is 1. The Morgan fingerprint density at radius 1 is 1.29 bits per heavy atom. The minimum atomic E-state index is -0.480. The Morgan fingerprint density at radius 3 is 2.82 bits per heavy atom. The number of hydrogen-bond donors (Lipinski definition) is 1. The van der Waals surface area contributed by atoms with Crippen LogP contribution in [0.1, 0.15) is 27.0 Å². The minimum absolute atomic E-state index is 0.165. The topological polar surface area (TPSA) is 72.1 Å². The number of aliphatic hydroxyl groups excluding tert-OH is 1. The molecule has 0 radical (unpaired) electrons. The summed E-state index contributed by atoms with van der Waals surface area (Å²) >= 11 is 0. The first kappa shape index (κ1) is 17.3. The highest BCUT2D eigenvalue weighted by atomic mass is 16.5. The predicted molar refractivity (Wildman–Crippen MR) is 100 cm³/mol. The molecule has 0 unspecified atom stereocenters. The fourth-order valence-corrected chi connectivity index (χ4v) is 3.11. The van der Waals surface area contributed by atoms with E-state index in [4.69, 9.17) is 11.2 Å². The number of aliphatic hydroxyl groups is 1. The summed E-state index contributed by atoms with van der Waals surface area (Å²) in [4.78, 5) is 12.0. The molecule has 1 N–H and O–H groups in total. The Morgan fingerprint density at radius 2 is 2.07 bits per heavy atom. The largest absolute Gasteiger partial charge is 0.465 e. The lowest BCUT2D eigenvalue weighted by molar-refractivity contribution is -0.656. The van der Waals surface area contributed by atoms with Gasteiger partial charge in [0.2, 0.25) is 6.20 Å². The van der Waals surface area contributed by atoms with Crippen LogP contribution in [-0.2, 0) is 11.3 Å². The van der Waals surface area contributed by atoms with Crippen molar-refractivity contribution in [2.24, 2.45) is 0 Å². The Hall–Kier alpha value is -4.07. The molecule has 7 nitrogen and oxygen atoms in total. The van der Waals surface area contributed by atoms with Gasteiger partial charge in [-0.05, 0) is 28.9 Å². The van der Waals surface area contributed by atoms with Gasteiger partial charge in [-0.1, -0.05) is 5.92 Å². The van der Waals surface area contributed by atoms with Crippen molar-refractivity contribution < 1.29 is 19.3 Å². The third-order valence-corrected chi connectivity index (χ3v) is 4.37. The highest BCUT2D eigenvalue weighted by Crippen LogP contribution is 2.17. The summed E-state index contributed by atoms with van der Waals surface area (Å²) in [6, 6.07) is 10.2. The molecular weight excluding hydrogens is 356 g/mol. The Bertz CT molecular complexity index is 1330. The first-order valence-corrected chi connectivity index (χ1v) is 8.37. The maximum Gasteiger partial charge on any atom is 0.341 e. The van der Waals surface area contributed by atoms with Crippen molar-refractivity contribution in [1.29, 1.82) is 0 Å². The van der Waals surface area contributed by atoms with E-state index in [0.717, 1.165) is 5.52 Å². The molecule has 0 aliphatic rings. The zero-order chi connectivity index (χ0) is 19.7. The van der Waals surface area contributed by atoms with Crippen LogP contribution in [0.5, 0.6) is 0 Å². The summed E-state index contributed by atoms with van der Waals surface area (Å²) in [6.45, 7) is -0.165. The summed E-state index contributed by atoms with van der Waals surface area (Å²) in [5.74, 6) is 5.21.